The summed E-state index contributed by atoms with van der Waals surface area (Å²) in [4.78, 5) is 25.1. The molecule has 114 valence electrons. The van der Waals surface area contributed by atoms with Crippen LogP contribution in [0, 0.1) is 0 Å². The molecule has 0 unspecified atom stereocenters. The van der Waals surface area contributed by atoms with Crippen LogP contribution in [0.2, 0.25) is 0 Å². The predicted molar refractivity (Wildman–Crippen MR) is 83.4 cm³/mol. The quantitative estimate of drug-likeness (QED) is 0.909. The molecule has 3 rings (SSSR count). The van der Waals surface area contributed by atoms with Gasteiger partial charge in [0, 0.05) is 17.0 Å². The van der Waals surface area contributed by atoms with E-state index in [1.807, 2.05) is 6.07 Å². The van der Waals surface area contributed by atoms with E-state index in [2.05, 4.69) is 5.32 Å². The highest BCUT2D eigenvalue weighted by Crippen LogP contribution is 2.28. The zero-order chi connectivity index (χ0) is 15.5. The van der Waals surface area contributed by atoms with Gasteiger partial charge >= 0.3 is 5.97 Å². The summed E-state index contributed by atoms with van der Waals surface area (Å²) in [6.45, 7) is 1.24. The van der Waals surface area contributed by atoms with Crippen molar-refractivity contribution in [3.05, 3.63) is 51.2 Å². The minimum atomic E-state index is -0.926. The van der Waals surface area contributed by atoms with Crippen LogP contribution in [0.4, 0.5) is 5.69 Å². The number of nitrogens with one attached hydrogen (secondary N) is 1. The number of ether oxygens (including phenoxy) is 1. The maximum Gasteiger partial charge on any atom is 0.307 e. The van der Waals surface area contributed by atoms with Crippen molar-refractivity contribution in [3.63, 3.8) is 0 Å². The van der Waals surface area contributed by atoms with Gasteiger partial charge in [0.15, 0.2) is 0 Å². The molecule has 1 aliphatic rings. The summed E-state index contributed by atoms with van der Waals surface area (Å²) in [5, 5.41) is 11.7. The highest BCUT2D eigenvalue weighted by Gasteiger charge is 2.18. The number of para-hydroxylation sites is 1. The third-order valence-electron chi connectivity index (χ3n) is 3.46. The number of carbonyl (C=O) groups is 2. The van der Waals surface area contributed by atoms with Crippen LogP contribution in [-0.4, -0.2) is 23.6 Å². The summed E-state index contributed by atoms with van der Waals surface area (Å²) in [6.07, 6.45) is 0.716. The fourth-order valence-electron chi connectivity index (χ4n) is 2.40. The van der Waals surface area contributed by atoms with E-state index in [9.17, 15) is 9.59 Å². The Balaban J connectivity index is 1.79. The minimum Gasteiger partial charge on any atom is -0.481 e. The molecule has 1 amide bonds. The molecule has 1 aliphatic heterocycles. The SMILES string of the molecule is O=C(O)Cc1ccccc1NC(=O)c1cc2c(s1)CCOC2. The van der Waals surface area contributed by atoms with E-state index in [1.165, 1.54) is 16.2 Å². The summed E-state index contributed by atoms with van der Waals surface area (Å²) >= 11 is 1.47. The van der Waals surface area contributed by atoms with E-state index in [4.69, 9.17) is 9.84 Å². The van der Waals surface area contributed by atoms with Gasteiger partial charge in [0.2, 0.25) is 0 Å². The number of hydrogen-bond donors (Lipinski definition) is 2. The first-order valence-electron chi connectivity index (χ1n) is 6.94. The molecular weight excluding hydrogens is 302 g/mol. The lowest BCUT2D eigenvalue weighted by atomic mass is 10.1. The molecule has 5 nitrogen and oxygen atoms in total. The average Bonchev–Trinajstić information content (AvgIpc) is 2.93. The normalized spacial score (nSPS) is 13.5. The lowest BCUT2D eigenvalue weighted by molar-refractivity contribution is -0.136. The summed E-state index contributed by atoms with van der Waals surface area (Å²) in [5.74, 6) is -1.14. The largest absolute Gasteiger partial charge is 0.481 e. The molecule has 0 saturated carbocycles. The first kappa shape index (κ1) is 14.7. The van der Waals surface area contributed by atoms with Crippen LogP contribution in [-0.2, 0) is 29.0 Å². The summed E-state index contributed by atoms with van der Waals surface area (Å²) in [5.41, 5.74) is 2.20. The molecule has 22 heavy (non-hydrogen) atoms. The van der Waals surface area contributed by atoms with Gasteiger partial charge in [-0.05, 0) is 23.3 Å². The smallest absolute Gasteiger partial charge is 0.307 e. The second-order valence-corrected chi connectivity index (χ2v) is 6.18. The van der Waals surface area contributed by atoms with E-state index in [-0.39, 0.29) is 12.3 Å². The molecule has 0 atom stereocenters. The first-order valence-corrected chi connectivity index (χ1v) is 7.75. The average molecular weight is 317 g/mol. The highest BCUT2D eigenvalue weighted by molar-refractivity contribution is 7.14. The molecule has 1 aromatic carbocycles. The number of fused-ring (bicyclic) bond motifs is 1. The van der Waals surface area contributed by atoms with Crippen LogP contribution in [0.25, 0.3) is 0 Å². The number of aliphatic carboxylic acids is 1. The van der Waals surface area contributed by atoms with Crippen LogP contribution in [0.5, 0.6) is 0 Å². The number of hydrogen-bond acceptors (Lipinski definition) is 4. The Kier molecular flexibility index (Phi) is 4.22. The molecule has 2 aromatic rings. The Morgan fingerprint density at radius 3 is 2.91 bits per heavy atom. The molecule has 6 heteroatoms. The molecular formula is C16H15NO4S. The van der Waals surface area contributed by atoms with E-state index in [1.54, 1.807) is 24.3 Å². The molecule has 2 N–H and O–H groups in total. The molecule has 0 fully saturated rings. The van der Waals surface area contributed by atoms with Crippen molar-refractivity contribution in [2.75, 3.05) is 11.9 Å². The zero-order valence-electron chi connectivity index (χ0n) is 11.8. The van der Waals surface area contributed by atoms with Crippen molar-refractivity contribution in [1.82, 2.24) is 0 Å². The second kappa shape index (κ2) is 6.29. The number of carbonyl (C=O) groups excluding carboxylic acids is 1. The molecule has 1 aromatic heterocycles. The van der Waals surface area contributed by atoms with Crippen LogP contribution < -0.4 is 5.32 Å². The number of amides is 1. The fraction of sp³-hybridized carbons (Fsp3) is 0.250. The monoisotopic (exact) mass is 317 g/mol. The van der Waals surface area contributed by atoms with Gasteiger partial charge in [-0.25, -0.2) is 0 Å². The van der Waals surface area contributed by atoms with Crippen LogP contribution in [0.3, 0.4) is 0 Å². The lowest BCUT2D eigenvalue weighted by Crippen LogP contribution is -2.13. The van der Waals surface area contributed by atoms with Gasteiger partial charge < -0.3 is 15.2 Å². The number of carboxylic acids is 1. The molecule has 0 radical (unpaired) electrons. The summed E-state index contributed by atoms with van der Waals surface area (Å²) in [7, 11) is 0. The van der Waals surface area contributed by atoms with Crippen molar-refractivity contribution < 1.29 is 19.4 Å². The van der Waals surface area contributed by atoms with E-state index >= 15 is 0 Å². The van der Waals surface area contributed by atoms with Gasteiger partial charge in [0.05, 0.1) is 24.5 Å². The van der Waals surface area contributed by atoms with Gasteiger partial charge in [-0.1, -0.05) is 18.2 Å². The number of benzene rings is 1. The fourth-order valence-corrected chi connectivity index (χ4v) is 3.45. The van der Waals surface area contributed by atoms with Gasteiger partial charge in [0.25, 0.3) is 5.91 Å². The maximum absolute atomic E-state index is 12.4. The summed E-state index contributed by atoms with van der Waals surface area (Å²) < 4.78 is 5.38. The summed E-state index contributed by atoms with van der Waals surface area (Å²) in [6, 6.07) is 8.81. The number of thiophene rings is 1. The molecule has 0 saturated heterocycles. The minimum absolute atomic E-state index is 0.120. The lowest BCUT2D eigenvalue weighted by Gasteiger charge is -2.10. The first-order chi connectivity index (χ1) is 10.6. The Morgan fingerprint density at radius 2 is 2.14 bits per heavy atom. The Labute approximate surface area is 131 Å². The molecule has 2 heterocycles. The van der Waals surface area contributed by atoms with E-state index < -0.39 is 5.97 Å². The van der Waals surface area contributed by atoms with Crippen LogP contribution in [0.1, 0.15) is 25.7 Å². The number of carboxylic acid groups (broad SMARTS) is 1. The Bertz CT molecular complexity index is 699. The Morgan fingerprint density at radius 1 is 1.32 bits per heavy atom. The Hall–Kier alpha value is -2.18. The maximum atomic E-state index is 12.4. The van der Waals surface area contributed by atoms with Crippen molar-refractivity contribution in [1.29, 1.82) is 0 Å². The topological polar surface area (TPSA) is 75.6 Å². The zero-order valence-corrected chi connectivity index (χ0v) is 12.6. The van der Waals surface area contributed by atoms with Gasteiger partial charge in [-0.2, -0.15) is 0 Å². The van der Waals surface area contributed by atoms with Crippen molar-refractivity contribution in [3.8, 4) is 0 Å². The molecule has 0 bridgehead atoms. The van der Waals surface area contributed by atoms with E-state index in [0.29, 0.717) is 29.3 Å². The third-order valence-corrected chi connectivity index (χ3v) is 4.69. The van der Waals surface area contributed by atoms with Gasteiger partial charge in [-0.3, -0.25) is 9.59 Å². The van der Waals surface area contributed by atoms with Crippen molar-refractivity contribution >= 4 is 28.9 Å². The molecule has 0 aliphatic carbocycles. The van der Waals surface area contributed by atoms with Gasteiger partial charge in [0.1, 0.15) is 0 Å². The second-order valence-electron chi connectivity index (χ2n) is 5.04. The van der Waals surface area contributed by atoms with Gasteiger partial charge in [-0.15, -0.1) is 11.3 Å². The third kappa shape index (κ3) is 3.18. The predicted octanol–water partition coefficient (Wildman–Crippen LogP) is 2.70. The van der Waals surface area contributed by atoms with Crippen LogP contribution in [0.15, 0.2) is 30.3 Å². The number of anilines is 1. The van der Waals surface area contributed by atoms with Crippen LogP contribution >= 0.6 is 11.3 Å². The standard InChI is InChI=1S/C16H15NO4S/c18-15(19)8-10-3-1-2-4-12(10)17-16(20)14-7-11-9-21-6-5-13(11)22-14/h1-4,7H,5-6,8-9H2,(H,17,20)(H,18,19). The van der Waals surface area contributed by atoms with Crippen molar-refractivity contribution in [2.45, 2.75) is 19.4 Å². The van der Waals surface area contributed by atoms with E-state index in [0.717, 1.165) is 12.0 Å². The highest BCUT2D eigenvalue weighted by atomic mass is 32.1. The number of rotatable bonds is 4. The van der Waals surface area contributed by atoms with Crippen molar-refractivity contribution in [2.24, 2.45) is 0 Å². The molecule has 0 spiro atoms.